The van der Waals surface area contributed by atoms with E-state index in [2.05, 4.69) is 34.0 Å². The maximum atomic E-state index is 5.33. The molecule has 1 aliphatic rings. The predicted molar refractivity (Wildman–Crippen MR) is 73.2 cm³/mol. The van der Waals surface area contributed by atoms with Gasteiger partial charge in [-0.3, -0.25) is 0 Å². The molecule has 1 aliphatic heterocycles. The second-order valence-corrected chi connectivity index (χ2v) is 4.17. The molecule has 0 amide bonds. The number of hydrogen-bond acceptors (Lipinski definition) is 2. The molecule has 0 atom stereocenters. The summed E-state index contributed by atoms with van der Waals surface area (Å²) in [5.74, 6) is 0.892. The molecule has 1 N–H and O–H groups in total. The SMILES string of the molecule is C1CO1.COc1cccc2c1[nH]c1ccccc12. The molecular weight excluding hydrogens is 226 g/mol. The van der Waals surface area contributed by atoms with Crippen molar-refractivity contribution in [2.45, 2.75) is 0 Å². The molecule has 3 heteroatoms. The largest absolute Gasteiger partial charge is 0.495 e. The Balaban J connectivity index is 0.000000293. The number of H-pyrrole nitrogens is 1. The molecular formula is C15H15NO2. The molecule has 1 saturated heterocycles. The summed E-state index contributed by atoms with van der Waals surface area (Å²) in [6.07, 6.45) is 0. The lowest BCUT2D eigenvalue weighted by molar-refractivity contribution is 0.419. The van der Waals surface area contributed by atoms with Gasteiger partial charge in [0.15, 0.2) is 0 Å². The molecule has 18 heavy (non-hydrogen) atoms. The van der Waals surface area contributed by atoms with Crippen LogP contribution >= 0.6 is 0 Å². The van der Waals surface area contributed by atoms with E-state index in [4.69, 9.17) is 4.74 Å². The van der Waals surface area contributed by atoms with Crippen molar-refractivity contribution in [2.24, 2.45) is 0 Å². The summed E-state index contributed by atoms with van der Waals surface area (Å²) in [5, 5.41) is 2.45. The van der Waals surface area contributed by atoms with Gasteiger partial charge in [0.05, 0.1) is 25.8 Å². The number of epoxide rings is 1. The molecule has 0 unspecified atom stereocenters. The second-order valence-electron chi connectivity index (χ2n) is 4.17. The van der Waals surface area contributed by atoms with E-state index < -0.39 is 0 Å². The molecule has 1 aromatic heterocycles. The summed E-state index contributed by atoms with van der Waals surface area (Å²) in [6, 6.07) is 14.4. The summed E-state index contributed by atoms with van der Waals surface area (Å²) in [4.78, 5) is 3.37. The Morgan fingerprint density at radius 3 is 2.44 bits per heavy atom. The first-order valence-electron chi connectivity index (χ1n) is 6.01. The van der Waals surface area contributed by atoms with Gasteiger partial charge in [0.1, 0.15) is 5.75 Å². The Hall–Kier alpha value is -2.00. The molecule has 0 saturated carbocycles. The first-order valence-corrected chi connectivity index (χ1v) is 6.01. The fraction of sp³-hybridized carbons (Fsp3) is 0.200. The molecule has 1 fully saturated rings. The summed E-state index contributed by atoms with van der Waals surface area (Å²) in [6.45, 7) is 2.00. The number of aromatic nitrogens is 1. The predicted octanol–water partition coefficient (Wildman–Crippen LogP) is 3.35. The quantitative estimate of drug-likeness (QED) is 0.663. The minimum Gasteiger partial charge on any atom is -0.495 e. The Morgan fingerprint density at radius 2 is 1.72 bits per heavy atom. The van der Waals surface area contributed by atoms with Crippen molar-refractivity contribution in [3.8, 4) is 5.75 Å². The van der Waals surface area contributed by atoms with Crippen LogP contribution in [-0.4, -0.2) is 25.3 Å². The normalized spacial score (nSPS) is 13.2. The minimum atomic E-state index is 0.892. The topological polar surface area (TPSA) is 37.5 Å². The molecule has 2 aromatic carbocycles. The zero-order chi connectivity index (χ0) is 12.4. The number of fused-ring (bicyclic) bond motifs is 3. The van der Waals surface area contributed by atoms with Gasteiger partial charge in [-0.2, -0.15) is 0 Å². The van der Waals surface area contributed by atoms with Gasteiger partial charge in [0.25, 0.3) is 0 Å². The van der Waals surface area contributed by atoms with Crippen molar-refractivity contribution in [1.82, 2.24) is 4.98 Å². The monoisotopic (exact) mass is 241 g/mol. The molecule has 4 rings (SSSR count). The van der Waals surface area contributed by atoms with Crippen molar-refractivity contribution in [3.63, 3.8) is 0 Å². The van der Waals surface area contributed by atoms with E-state index in [0.717, 1.165) is 30.0 Å². The van der Waals surface area contributed by atoms with E-state index in [0.29, 0.717) is 0 Å². The van der Waals surface area contributed by atoms with Crippen LogP contribution < -0.4 is 4.74 Å². The van der Waals surface area contributed by atoms with E-state index in [1.807, 2.05) is 18.2 Å². The van der Waals surface area contributed by atoms with Crippen LogP contribution in [0.25, 0.3) is 21.8 Å². The number of rotatable bonds is 1. The minimum absolute atomic E-state index is 0.892. The van der Waals surface area contributed by atoms with Crippen LogP contribution in [0.2, 0.25) is 0 Å². The smallest absolute Gasteiger partial charge is 0.142 e. The zero-order valence-corrected chi connectivity index (χ0v) is 10.3. The first kappa shape index (κ1) is 11.1. The Kier molecular flexibility index (Phi) is 2.90. The lowest BCUT2D eigenvalue weighted by atomic mass is 10.1. The van der Waals surface area contributed by atoms with Crippen LogP contribution in [0, 0.1) is 0 Å². The first-order chi connectivity index (χ1) is 8.90. The summed E-state index contributed by atoms with van der Waals surface area (Å²) in [7, 11) is 1.69. The molecule has 3 aromatic rings. The summed E-state index contributed by atoms with van der Waals surface area (Å²) >= 11 is 0. The number of nitrogens with one attached hydrogen (secondary N) is 1. The van der Waals surface area contributed by atoms with Crippen LogP contribution in [0.5, 0.6) is 5.75 Å². The van der Waals surface area contributed by atoms with E-state index in [1.54, 1.807) is 7.11 Å². The second kappa shape index (κ2) is 4.70. The third-order valence-electron chi connectivity index (χ3n) is 2.93. The molecule has 0 radical (unpaired) electrons. The van der Waals surface area contributed by atoms with Crippen molar-refractivity contribution < 1.29 is 9.47 Å². The maximum absolute atomic E-state index is 5.33. The van der Waals surface area contributed by atoms with Gasteiger partial charge in [-0.05, 0) is 12.1 Å². The third-order valence-corrected chi connectivity index (χ3v) is 2.93. The van der Waals surface area contributed by atoms with Crippen molar-refractivity contribution in [1.29, 1.82) is 0 Å². The van der Waals surface area contributed by atoms with E-state index in [9.17, 15) is 0 Å². The molecule has 3 nitrogen and oxygen atoms in total. The highest BCUT2D eigenvalue weighted by molar-refractivity contribution is 6.09. The number of methoxy groups -OCH3 is 1. The van der Waals surface area contributed by atoms with Gasteiger partial charge in [0, 0.05) is 16.3 Å². The van der Waals surface area contributed by atoms with Crippen molar-refractivity contribution in [2.75, 3.05) is 20.3 Å². The Morgan fingerprint density at radius 1 is 1.00 bits per heavy atom. The van der Waals surface area contributed by atoms with Gasteiger partial charge in [-0.25, -0.2) is 0 Å². The van der Waals surface area contributed by atoms with Crippen LogP contribution in [0.3, 0.4) is 0 Å². The average Bonchev–Trinajstić information content (AvgIpc) is 3.25. The molecule has 0 bridgehead atoms. The highest BCUT2D eigenvalue weighted by Crippen LogP contribution is 2.30. The number of benzene rings is 2. The summed E-state index contributed by atoms with van der Waals surface area (Å²) < 4.78 is 9.83. The zero-order valence-electron chi connectivity index (χ0n) is 10.3. The fourth-order valence-corrected chi connectivity index (χ4v) is 2.02. The van der Waals surface area contributed by atoms with Gasteiger partial charge in [-0.1, -0.05) is 30.3 Å². The molecule has 0 spiro atoms. The lowest BCUT2D eigenvalue weighted by Crippen LogP contribution is -1.82. The van der Waals surface area contributed by atoms with Gasteiger partial charge >= 0.3 is 0 Å². The van der Waals surface area contributed by atoms with Gasteiger partial charge in [-0.15, -0.1) is 0 Å². The van der Waals surface area contributed by atoms with Gasteiger partial charge < -0.3 is 14.5 Å². The fourth-order valence-electron chi connectivity index (χ4n) is 2.02. The molecule has 0 aliphatic carbocycles. The standard InChI is InChI=1S/C13H11NO.C2H4O/c1-15-12-8-4-6-10-9-5-2-3-7-11(9)14-13(10)12;1-2-3-1/h2-8,14H,1H3;1-2H2. The van der Waals surface area contributed by atoms with Crippen LogP contribution in [0.15, 0.2) is 42.5 Å². The average molecular weight is 241 g/mol. The Bertz CT molecular complexity index is 668. The van der Waals surface area contributed by atoms with Crippen LogP contribution in [-0.2, 0) is 4.74 Å². The summed E-state index contributed by atoms with van der Waals surface area (Å²) in [5.41, 5.74) is 2.22. The van der Waals surface area contributed by atoms with Crippen LogP contribution in [0.4, 0.5) is 0 Å². The van der Waals surface area contributed by atoms with Crippen molar-refractivity contribution >= 4 is 21.8 Å². The number of para-hydroxylation sites is 2. The number of hydrogen-bond donors (Lipinski definition) is 1. The molecule has 92 valence electrons. The van der Waals surface area contributed by atoms with E-state index in [1.165, 1.54) is 10.8 Å². The van der Waals surface area contributed by atoms with Crippen molar-refractivity contribution in [3.05, 3.63) is 42.5 Å². The number of ether oxygens (including phenoxy) is 2. The molecule has 2 heterocycles. The van der Waals surface area contributed by atoms with E-state index in [-0.39, 0.29) is 0 Å². The maximum Gasteiger partial charge on any atom is 0.142 e. The van der Waals surface area contributed by atoms with Crippen LogP contribution in [0.1, 0.15) is 0 Å². The third kappa shape index (κ3) is 2.05. The lowest BCUT2D eigenvalue weighted by Gasteiger charge is -1.99. The van der Waals surface area contributed by atoms with Gasteiger partial charge in [0.2, 0.25) is 0 Å². The number of aromatic amines is 1. The Labute approximate surface area is 105 Å². The van der Waals surface area contributed by atoms with E-state index >= 15 is 0 Å². The highest BCUT2D eigenvalue weighted by Gasteiger charge is 2.06. The highest BCUT2D eigenvalue weighted by atomic mass is 16.6.